The minimum absolute atomic E-state index is 0.0400. The Hall–Kier alpha value is -3.70. The molecular formula is C20H18N4O6S. The van der Waals surface area contributed by atoms with E-state index in [1.54, 1.807) is 19.2 Å². The molecule has 2 aromatic heterocycles. The lowest BCUT2D eigenvalue weighted by Crippen LogP contribution is -2.29. The molecule has 31 heavy (non-hydrogen) atoms. The van der Waals surface area contributed by atoms with E-state index >= 15 is 0 Å². The third-order valence-electron chi connectivity index (χ3n) is 4.57. The zero-order valence-electron chi connectivity index (χ0n) is 16.3. The van der Waals surface area contributed by atoms with Gasteiger partial charge in [-0.2, -0.15) is 0 Å². The Morgan fingerprint density at radius 2 is 1.74 bits per heavy atom. The lowest BCUT2D eigenvalue weighted by atomic mass is 10.2. The number of rotatable bonds is 7. The van der Waals surface area contributed by atoms with Crippen LogP contribution in [-0.2, 0) is 16.4 Å². The predicted octanol–water partition coefficient (Wildman–Crippen LogP) is 1.40. The number of oxazole rings is 1. The highest BCUT2D eigenvalue weighted by Gasteiger charge is 2.15. The highest BCUT2D eigenvalue weighted by Crippen LogP contribution is 2.22. The van der Waals surface area contributed by atoms with Gasteiger partial charge in [-0.25, -0.2) is 18.1 Å². The Balaban J connectivity index is 1.43. The fourth-order valence-electron chi connectivity index (χ4n) is 2.95. The molecule has 160 valence electrons. The number of benzene rings is 2. The van der Waals surface area contributed by atoms with Crippen molar-refractivity contribution >= 4 is 21.1 Å². The first kappa shape index (κ1) is 20.6. The van der Waals surface area contributed by atoms with E-state index in [9.17, 15) is 18.0 Å². The van der Waals surface area contributed by atoms with Gasteiger partial charge in [0.15, 0.2) is 0 Å². The van der Waals surface area contributed by atoms with Crippen molar-refractivity contribution in [1.82, 2.24) is 19.7 Å². The number of H-pyrrole nitrogens is 2. The molecule has 0 saturated carbocycles. The maximum Gasteiger partial charge on any atom is 0.314 e. The van der Waals surface area contributed by atoms with Crippen molar-refractivity contribution in [1.29, 1.82) is 0 Å². The molecule has 0 aliphatic rings. The molecule has 2 heterocycles. The number of aromatic amines is 2. The Kier molecular flexibility index (Phi) is 5.44. The summed E-state index contributed by atoms with van der Waals surface area (Å²) in [4.78, 5) is 31.9. The highest BCUT2D eigenvalue weighted by molar-refractivity contribution is 7.89. The van der Waals surface area contributed by atoms with Gasteiger partial charge in [0.2, 0.25) is 15.9 Å². The first-order valence-electron chi connectivity index (χ1n) is 9.20. The lowest BCUT2D eigenvalue weighted by molar-refractivity contribution is 0.415. The minimum Gasteiger partial charge on any atom is -0.497 e. The molecule has 0 unspecified atom stereocenters. The maximum absolute atomic E-state index is 12.6. The molecule has 0 spiro atoms. The van der Waals surface area contributed by atoms with Crippen LogP contribution in [0.2, 0.25) is 0 Å². The predicted molar refractivity (Wildman–Crippen MR) is 113 cm³/mol. The minimum atomic E-state index is -3.83. The number of nitrogens with zero attached hydrogens (tertiary/aromatic N) is 1. The van der Waals surface area contributed by atoms with E-state index in [1.807, 2.05) is 12.1 Å². The van der Waals surface area contributed by atoms with Crippen molar-refractivity contribution in [3.05, 3.63) is 75.1 Å². The summed E-state index contributed by atoms with van der Waals surface area (Å²) < 4.78 is 38.2. The van der Waals surface area contributed by atoms with Crippen molar-refractivity contribution in [3.8, 4) is 17.2 Å². The van der Waals surface area contributed by atoms with E-state index in [4.69, 9.17) is 9.15 Å². The SMILES string of the molecule is COc1ccc(-c2nc(CCNS(=O)(=O)c3ccc4[nH]c(=O)c(=O)[nH]c4c3)co2)cc1. The van der Waals surface area contributed by atoms with Crippen LogP contribution in [0.5, 0.6) is 5.75 Å². The largest absolute Gasteiger partial charge is 0.497 e. The van der Waals surface area contributed by atoms with Gasteiger partial charge in [-0.3, -0.25) is 9.59 Å². The summed E-state index contributed by atoms with van der Waals surface area (Å²) in [5.41, 5.74) is 0.256. The summed E-state index contributed by atoms with van der Waals surface area (Å²) >= 11 is 0. The second kappa shape index (κ2) is 8.20. The van der Waals surface area contributed by atoms with E-state index in [-0.39, 0.29) is 17.0 Å². The molecule has 0 radical (unpaired) electrons. The van der Waals surface area contributed by atoms with Gasteiger partial charge in [-0.15, -0.1) is 0 Å². The number of hydrogen-bond acceptors (Lipinski definition) is 7. The van der Waals surface area contributed by atoms with Gasteiger partial charge in [-0.05, 0) is 42.5 Å². The number of hydrogen-bond donors (Lipinski definition) is 3. The lowest BCUT2D eigenvalue weighted by Gasteiger charge is -2.07. The molecule has 0 atom stereocenters. The number of methoxy groups -OCH3 is 1. The van der Waals surface area contributed by atoms with E-state index in [1.165, 1.54) is 24.5 Å². The number of fused-ring (bicyclic) bond motifs is 1. The van der Waals surface area contributed by atoms with Crippen molar-refractivity contribution in [2.45, 2.75) is 11.3 Å². The third-order valence-corrected chi connectivity index (χ3v) is 6.02. The van der Waals surface area contributed by atoms with Gasteiger partial charge in [0, 0.05) is 18.5 Å². The van der Waals surface area contributed by atoms with Gasteiger partial charge in [0.25, 0.3) is 0 Å². The van der Waals surface area contributed by atoms with Gasteiger partial charge in [0.05, 0.1) is 28.7 Å². The molecule has 4 aromatic rings. The monoisotopic (exact) mass is 442 g/mol. The number of ether oxygens (including phenoxy) is 1. The molecule has 0 aliphatic heterocycles. The zero-order valence-corrected chi connectivity index (χ0v) is 17.2. The summed E-state index contributed by atoms with van der Waals surface area (Å²) in [6.07, 6.45) is 1.79. The second-order valence-electron chi connectivity index (χ2n) is 6.64. The Bertz CT molecular complexity index is 1450. The molecule has 2 aromatic carbocycles. The fraction of sp³-hybridized carbons (Fsp3) is 0.150. The van der Waals surface area contributed by atoms with Gasteiger partial charge >= 0.3 is 11.1 Å². The van der Waals surface area contributed by atoms with E-state index in [2.05, 4.69) is 19.7 Å². The van der Waals surface area contributed by atoms with Crippen LogP contribution >= 0.6 is 0 Å². The fourth-order valence-corrected chi connectivity index (χ4v) is 4.00. The first-order chi connectivity index (χ1) is 14.9. The Morgan fingerprint density at radius 1 is 1.03 bits per heavy atom. The molecule has 10 nitrogen and oxygen atoms in total. The molecule has 0 saturated heterocycles. The highest BCUT2D eigenvalue weighted by atomic mass is 32.2. The summed E-state index contributed by atoms with van der Waals surface area (Å²) in [5.74, 6) is 1.14. The summed E-state index contributed by atoms with van der Waals surface area (Å²) in [6, 6.07) is 11.3. The van der Waals surface area contributed by atoms with Gasteiger partial charge < -0.3 is 19.1 Å². The molecular weight excluding hydrogens is 424 g/mol. The second-order valence-corrected chi connectivity index (χ2v) is 8.40. The van der Waals surface area contributed by atoms with E-state index in [0.717, 1.165) is 5.56 Å². The van der Waals surface area contributed by atoms with Crippen molar-refractivity contribution in [2.75, 3.05) is 13.7 Å². The molecule has 11 heteroatoms. The normalized spacial score (nSPS) is 11.6. The number of sulfonamides is 1. The topological polar surface area (TPSA) is 147 Å². The Labute approximate surface area is 176 Å². The molecule has 0 amide bonds. The van der Waals surface area contributed by atoms with E-state index < -0.39 is 21.1 Å². The van der Waals surface area contributed by atoms with Crippen molar-refractivity contribution < 1.29 is 17.6 Å². The van der Waals surface area contributed by atoms with Crippen LogP contribution in [0.3, 0.4) is 0 Å². The average molecular weight is 442 g/mol. The Morgan fingerprint density at radius 3 is 2.45 bits per heavy atom. The van der Waals surface area contributed by atoms with Crippen LogP contribution in [0.25, 0.3) is 22.5 Å². The quantitative estimate of drug-likeness (QED) is 0.367. The molecule has 0 aliphatic carbocycles. The van der Waals surface area contributed by atoms with Crippen LogP contribution in [0, 0.1) is 0 Å². The zero-order chi connectivity index (χ0) is 22.0. The van der Waals surface area contributed by atoms with Crippen LogP contribution in [0.4, 0.5) is 0 Å². The molecule has 3 N–H and O–H groups in total. The molecule has 0 fully saturated rings. The summed E-state index contributed by atoms with van der Waals surface area (Å²) in [6.45, 7) is 0.0943. The standard InChI is InChI=1S/C20H18N4O6S/c1-29-14-4-2-12(3-5-14)20-22-13(11-30-20)8-9-21-31(27,28)15-6-7-16-17(10-15)24-19(26)18(25)23-16/h2-7,10-11,21H,8-9H2,1H3,(H,23,25)(H,24,26). The number of nitrogens with one attached hydrogen (secondary N) is 3. The van der Waals surface area contributed by atoms with Crippen LogP contribution in [-0.4, -0.2) is 37.0 Å². The van der Waals surface area contributed by atoms with Gasteiger partial charge in [0.1, 0.15) is 12.0 Å². The molecule has 4 rings (SSSR count). The van der Waals surface area contributed by atoms with Crippen LogP contribution in [0.1, 0.15) is 5.69 Å². The van der Waals surface area contributed by atoms with E-state index in [0.29, 0.717) is 29.3 Å². The first-order valence-corrected chi connectivity index (χ1v) is 10.7. The summed E-state index contributed by atoms with van der Waals surface area (Å²) in [7, 11) is -2.25. The van der Waals surface area contributed by atoms with Crippen LogP contribution in [0.15, 0.2) is 67.6 Å². The average Bonchev–Trinajstić information content (AvgIpc) is 3.23. The van der Waals surface area contributed by atoms with Crippen LogP contribution < -0.4 is 20.6 Å². The molecule has 0 bridgehead atoms. The number of aromatic nitrogens is 3. The van der Waals surface area contributed by atoms with Gasteiger partial charge in [-0.1, -0.05) is 0 Å². The third kappa shape index (κ3) is 4.42. The van der Waals surface area contributed by atoms with Crippen molar-refractivity contribution in [3.63, 3.8) is 0 Å². The van der Waals surface area contributed by atoms with Crippen molar-refractivity contribution in [2.24, 2.45) is 0 Å². The summed E-state index contributed by atoms with van der Waals surface area (Å²) in [5, 5.41) is 0. The maximum atomic E-state index is 12.6. The smallest absolute Gasteiger partial charge is 0.314 e.